The molecule has 0 spiro atoms. The first-order valence-corrected chi connectivity index (χ1v) is 5.81. The molecule has 2 unspecified atom stereocenters. The average molecular weight is 482 g/mol. The SMILES string of the molecule is FC(F)(Br)C(F)(Br)C(F)(Br)C(F)(F)Br. The van der Waals surface area contributed by atoms with Crippen molar-refractivity contribution in [3.8, 4) is 0 Å². The molecule has 14 heavy (non-hydrogen) atoms. The number of alkyl halides is 10. The van der Waals surface area contributed by atoms with Gasteiger partial charge in [0.25, 0.3) is 9.16 Å². The Morgan fingerprint density at radius 1 is 0.500 bits per heavy atom. The fraction of sp³-hybridized carbons (Fsp3) is 1.00. The molecule has 86 valence electrons. The molecule has 0 fully saturated rings. The Morgan fingerprint density at radius 3 is 0.714 bits per heavy atom. The van der Waals surface area contributed by atoms with Gasteiger partial charge in [-0.25, -0.2) is 8.78 Å². The number of hydrogen-bond donors (Lipinski definition) is 0. The first-order chi connectivity index (χ1) is 5.75. The monoisotopic (exact) mass is 478 g/mol. The van der Waals surface area contributed by atoms with Gasteiger partial charge in [-0.15, -0.1) is 0 Å². The van der Waals surface area contributed by atoms with Gasteiger partial charge >= 0.3 is 9.66 Å². The van der Waals surface area contributed by atoms with Crippen LogP contribution in [0.1, 0.15) is 0 Å². The molecular weight excluding hydrogens is 482 g/mol. The minimum Gasteiger partial charge on any atom is -0.219 e. The fourth-order valence-corrected chi connectivity index (χ4v) is 1.93. The Kier molecular flexibility index (Phi) is 4.50. The third-order valence-electron chi connectivity index (χ3n) is 1.11. The summed E-state index contributed by atoms with van der Waals surface area (Å²) in [6.45, 7) is 0. The average Bonchev–Trinajstić information content (AvgIpc) is 1.81. The Morgan fingerprint density at radius 2 is 0.643 bits per heavy atom. The predicted octanol–water partition coefficient (Wildman–Crippen LogP) is 5.08. The van der Waals surface area contributed by atoms with E-state index in [1.54, 1.807) is 31.9 Å². The highest BCUT2D eigenvalue weighted by Crippen LogP contribution is 2.60. The van der Waals surface area contributed by atoms with Crippen LogP contribution in [-0.2, 0) is 0 Å². The zero-order valence-corrected chi connectivity index (χ0v) is 12.1. The summed E-state index contributed by atoms with van der Waals surface area (Å²) in [4.78, 5) is -9.06. The van der Waals surface area contributed by atoms with Crippen LogP contribution < -0.4 is 0 Å². The lowest BCUT2D eigenvalue weighted by molar-refractivity contribution is -0.112. The van der Waals surface area contributed by atoms with Gasteiger partial charge in [-0.1, -0.05) is 0 Å². The van der Waals surface area contributed by atoms with Crippen molar-refractivity contribution in [2.24, 2.45) is 0 Å². The van der Waals surface area contributed by atoms with Crippen LogP contribution in [0.15, 0.2) is 0 Å². The highest BCUT2D eigenvalue weighted by atomic mass is 79.9. The van der Waals surface area contributed by atoms with Gasteiger partial charge < -0.3 is 0 Å². The molecule has 0 heterocycles. The summed E-state index contributed by atoms with van der Waals surface area (Å²) in [6, 6.07) is 0. The summed E-state index contributed by atoms with van der Waals surface area (Å²) in [6.07, 6.45) is 0. The first-order valence-electron chi connectivity index (χ1n) is 2.64. The highest BCUT2D eigenvalue weighted by Gasteiger charge is 2.74. The normalized spacial score (nSPS) is 22.7. The van der Waals surface area contributed by atoms with Crippen molar-refractivity contribution in [2.75, 3.05) is 0 Å². The minimum atomic E-state index is -4.53. The summed E-state index contributed by atoms with van der Waals surface area (Å²) in [5.74, 6) is 0. The second kappa shape index (κ2) is 4.06. The van der Waals surface area contributed by atoms with Gasteiger partial charge in [0.1, 0.15) is 0 Å². The molecule has 0 bridgehead atoms. The molecule has 0 aromatic carbocycles. The van der Waals surface area contributed by atoms with Gasteiger partial charge in [0.2, 0.25) is 0 Å². The van der Waals surface area contributed by atoms with Gasteiger partial charge in [-0.05, 0) is 63.7 Å². The lowest BCUT2D eigenvalue weighted by atomic mass is 10.2. The largest absolute Gasteiger partial charge is 0.348 e. The van der Waals surface area contributed by atoms with E-state index in [0.717, 1.165) is 0 Å². The summed E-state index contributed by atoms with van der Waals surface area (Å²) >= 11 is 6.03. The van der Waals surface area contributed by atoms with Gasteiger partial charge in [-0.2, -0.15) is 17.6 Å². The van der Waals surface area contributed by atoms with Crippen molar-refractivity contribution in [2.45, 2.75) is 18.8 Å². The summed E-state index contributed by atoms with van der Waals surface area (Å²) < 4.78 is 67.0. The summed E-state index contributed by atoms with van der Waals surface area (Å²) in [7, 11) is 0. The Hall–Kier alpha value is 1.50. The molecule has 0 saturated heterocycles. The minimum absolute atomic E-state index is 1.45. The van der Waals surface area contributed by atoms with E-state index in [0.29, 0.717) is 0 Å². The van der Waals surface area contributed by atoms with Gasteiger partial charge in [0.05, 0.1) is 0 Å². The third kappa shape index (κ3) is 2.60. The standard InChI is InChI=1S/C4Br4F6/c5-1(9,3(7,11)12)2(6,10)4(8,13)14. The molecule has 10 heteroatoms. The van der Waals surface area contributed by atoms with Crippen molar-refractivity contribution < 1.29 is 26.3 Å². The Labute approximate surface area is 108 Å². The van der Waals surface area contributed by atoms with E-state index in [1.807, 2.05) is 0 Å². The molecular formula is C4Br4F6. The van der Waals surface area contributed by atoms with Crippen LogP contribution in [0.3, 0.4) is 0 Å². The van der Waals surface area contributed by atoms with Crippen LogP contribution in [-0.4, -0.2) is 18.8 Å². The van der Waals surface area contributed by atoms with E-state index in [1.165, 1.54) is 31.9 Å². The van der Waals surface area contributed by atoms with Crippen LogP contribution in [0.5, 0.6) is 0 Å². The second-order valence-electron chi connectivity index (χ2n) is 2.14. The summed E-state index contributed by atoms with van der Waals surface area (Å²) in [5.41, 5.74) is 0. The molecule has 2 atom stereocenters. The molecule has 0 rings (SSSR count). The molecule has 0 aromatic rings. The lowest BCUT2D eigenvalue weighted by Gasteiger charge is -2.35. The van der Waals surface area contributed by atoms with Crippen LogP contribution in [0.4, 0.5) is 26.3 Å². The van der Waals surface area contributed by atoms with E-state index in [4.69, 9.17) is 0 Å². The van der Waals surface area contributed by atoms with E-state index >= 15 is 0 Å². The highest BCUT2D eigenvalue weighted by molar-refractivity contribution is 9.15. The smallest absolute Gasteiger partial charge is 0.219 e. The van der Waals surface area contributed by atoms with Crippen LogP contribution in [0.2, 0.25) is 0 Å². The molecule has 0 aromatic heterocycles. The van der Waals surface area contributed by atoms with E-state index < -0.39 is 18.8 Å². The zero-order chi connectivity index (χ0) is 12.0. The quantitative estimate of drug-likeness (QED) is 0.389. The van der Waals surface area contributed by atoms with Gasteiger partial charge in [-0.3, -0.25) is 0 Å². The van der Waals surface area contributed by atoms with E-state index in [-0.39, 0.29) is 0 Å². The van der Waals surface area contributed by atoms with Crippen LogP contribution in [0, 0.1) is 0 Å². The van der Waals surface area contributed by atoms with Crippen molar-refractivity contribution in [1.82, 2.24) is 0 Å². The fourth-order valence-electron chi connectivity index (χ4n) is 0.356. The number of hydrogen-bond acceptors (Lipinski definition) is 0. The molecule has 0 N–H and O–H groups in total. The zero-order valence-electron chi connectivity index (χ0n) is 5.78. The van der Waals surface area contributed by atoms with Crippen molar-refractivity contribution in [3.05, 3.63) is 0 Å². The molecule has 0 radical (unpaired) electrons. The van der Waals surface area contributed by atoms with Gasteiger partial charge in [0, 0.05) is 0 Å². The first kappa shape index (κ1) is 15.5. The molecule has 0 nitrogen and oxygen atoms in total. The molecule has 0 saturated carbocycles. The maximum absolute atomic E-state index is 13.1. The van der Waals surface area contributed by atoms with Gasteiger partial charge in [0.15, 0.2) is 0 Å². The second-order valence-corrected chi connectivity index (χ2v) is 6.32. The third-order valence-corrected chi connectivity index (χ3v) is 5.88. The van der Waals surface area contributed by atoms with E-state index in [9.17, 15) is 26.3 Å². The maximum Gasteiger partial charge on any atom is 0.348 e. The molecule has 0 aliphatic rings. The Bertz CT molecular complexity index is 191. The molecule has 0 aliphatic carbocycles. The van der Waals surface area contributed by atoms with Crippen LogP contribution >= 0.6 is 63.7 Å². The Balaban J connectivity index is 5.30. The van der Waals surface area contributed by atoms with Crippen molar-refractivity contribution >= 4 is 63.7 Å². The van der Waals surface area contributed by atoms with Crippen LogP contribution in [0.25, 0.3) is 0 Å². The number of halogens is 10. The molecule has 0 amide bonds. The van der Waals surface area contributed by atoms with Crippen molar-refractivity contribution in [3.63, 3.8) is 0 Å². The number of rotatable bonds is 3. The molecule has 0 aliphatic heterocycles. The predicted molar refractivity (Wildman–Crippen MR) is 53.3 cm³/mol. The topological polar surface area (TPSA) is 0 Å². The van der Waals surface area contributed by atoms with E-state index in [2.05, 4.69) is 0 Å². The summed E-state index contributed by atoms with van der Waals surface area (Å²) in [5, 5.41) is 0. The maximum atomic E-state index is 13.1. The van der Waals surface area contributed by atoms with Crippen molar-refractivity contribution in [1.29, 1.82) is 0 Å². The lowest BCUT2D eigenvalue weighted by Crippen LogP contribution is -2.56.